The molecule has 2 aromatic heterocycles. The van der Waals surface area contributed by atoms with Crippen LogP contribution in [-0.2, 0) is 6.42 Å². The normalized spacial score (nSPS) is 13.2. The zero-order valence-electron chi connectivity index (χ0n) is 13.8. The number of Topliss-reactive ketones (excluding diaryl/α,β-unsaturated/α-hetero) is 1. The molecule has 25 heavy (non-hydrogen) atoms. The van der Waals surface area contributed by atoms with Gasteiger partial charge in [-0.05, 0) is 31.2 Å². The molecule has 0 radical (unpaired) electrons. The van der Waals surface area contributed by atoms with E-state index in [0.29, 0.717) is 17.7 Å². The maximum absolute atomic E-state index is 11.9. The second-order valence-corrected chi connectivity index (χ2v) is 6.15. The number of amides is 1. The monoisotopic (exact) mass is 331 g/mol. The van der Waals surface area contributed by atoms with E-state index >= 15 is 0 Å². The van der Waals surface area contributed by atoms with Gasteiger partial charge in [0.15, 0.2) is 5.78 Å². The molecule has 2 N–H and O–H groups in total. The van der Waals surface area contributed by atoms with Crippen molar-refractivity contribution in [3.05, 3.63) is 65.5 Å². The van der Waals surface area contributed by atoms with E-state index in [1.807, 2.05) is 36.4 Å². The number of H-pyrrole nitrogens is 1. The van der Waals surface area contributed by atoms with Crippen molar-refractivity contribution >= 4 is 11.7 Å². The smallest absolute Gasteiger partial charge is 0.253 e. The molecular formula is C20H17N3O2. The number of aromatic nitrogens is 2. The number of hydrogen-bond acceptors (Lipinski definition) is 3. The van der Waals surface area contributed by atoms with Crippen molar-refractivity contribution in [2.45, 2.75) is 13.3 Å². The lowest BCUT2D eigenvalue weighted by Gasteiger charge is -2.11. The number of rotatable bonds is 3. The number of aromatic amines is 1. The van der Waals surface area contributed by atoms with Crippen molar-refractivity contribution < 1.29 is 9.59 Å². The van der Waals surface area contributed by atoms with E-state index in [4.69, 9.17) is 0 Å². The minimum atomic E-state index is -0.0350. The van der Waals surface area contributed by atoms with Gasteiger partial charge in [0.2, 0.25) is 0 Å². The summed E-state index contributed by atoms with van der Waals surface area (Å²) in [6, 6.07) is 13.2. The SMILES string of the molecule is CC(=O)c1cccc(-c2cc(-c3cc4c([nH]3)CCNC4=O)ccn2)c1. The van der Waals surface area contributed by atoms with E-state index < -0.39 is 0 Å². The largest absolute Gasteiger partial charge is 0.358 e. The summed E-state index contributed by atoms with van der Waals surface area (Å²) in [6.45, 7) is 2.21. The van der Waals surface area contributed by atoms with Crippen molar-refractivity contribution in [1.29, 1.82) is 0 Å². The Morgan fingerprint density at radius 1 is 1.12 bits per heavy atom. The van der Waals surface area contributed by atoms with Crippen molar-refractivity contribution in [1.82, 2.24) is 15.3 Å². The number of ketones is 1. The van der Waals surface area contributed by atoms with Gasteiger partial charge < -0.3 is 10.3 Å². The molecule has 0 fully saturated rings. The van der Waals surface area contributed by atoms with Gasteiger partial charge in [0.05, 0.1) is 11.3 Å². The summed E-state index contributed by atoms with van der Waals surface area (Å²) in [7, 11) is 0. The third kappa shape index (κ3) is 2.85. The highest BCUT2D eigenvalue weighted by Gasteiger charge is 2.20. The summed E-state index contributed by atoms with van der Waals surface area (Å²) >= 11 is 0. The summed E-state index contributed by atoms with van der Waals surface area (Å²) in [6.07, 6.45) is 2.55. The van der Waals surface area contributed by atoms with Crippen LogP contribution in [0.5, 0.6) is 0 Å². The highest BCUT2D eigenvalue weighted by molar-refractivity contribution is 5.98. The Kier molecular flexibility index (Phi) is 3.69. The van der Waals surface area contributed by atoms with Gasteiger partial charge in [-0.15, -0.1) is 0 Å². The molecule has 4 rings (SSSR count). The number of fused-ring (bicyclic) bond motifs is 1. The molecule has 5 nitrogen and oxygen atoms in total. The van der Waals surface area contributed by atoms with Crippen molar-refractivity contribution in [2.75, 3.05) is 6.54 Å². The van der Waals surface area contributed by atoms with Gasteiger partial charge in [-0.25, -0.2) is 0 Å². The summed E-state index contributed by atoms with van der Waals surface area (Å²) < 4.78 is 0. The Morgan fingerprint density at radius 3 is 2.80 bits per heavy atom. The van der Waals surface area contributed by atoms with Crippen LogP contribution in [0.15, 0.2) is 48.7 Å². The van der Waals surface area contributed by atoms with Crippen LogP contribution in [0.25, 0.3) is 22.5 Å². The molecule has 5 heteroatoms. The van der Waals surface area contributed by atoms with Crippen LogP contribution in [-0.4, -0.2) is 28.2 Å². The fourth-order valence-corrected chi connectivity index (χ4v) is 3.10. The first-order valence-electron chi connectivity index (χ1n) is 8.20. The molecular weight excluding hydrogens is 314 g/mol. The predicted octanol–water partition coefficient (Wildman–Crippen LogP) is 3.23. The first kappa shape index (κ1) is 15.3. The lowest BCUT2D eigenvalue weighted by molar-refractivity contribution is 0.0945. The number of hydrogen-bond donors (Lipinski definition) is 2. The molecule has 1 aliphatic rings. The Hall–Kier alpha value is -3.21. The Balaban J connectivity index is 1.74. The number of pyridine rings is 1. The van der Waals surface area contributed by atoms with E-state index in [0.717, 1.165) is 34.6 Å². The summed E-state index contributed by atoms with van der Waals surface area (Å²) in [4.78, 5) is 31.3. The van der Waals surface area contributed by atoms with Crippen LogP contribution < -0.4 is 5.32 Å². The fourth-order valence-electron chi connectivity index (χ4n) is 3.10. The van der Waals surface area contributed by atoms with Gasteiger partial charge in [0.1, 0.15) is 0 Å². The summed E-state index contributed by atoms with van der Waals surface area (Å²) in [5.41, 5.74) is 5.88. The second-order valence-electron chi connectivity index (χ2n) is 6.15. The van der Waals surface area contributed by atoms with Gasteiger partial charge in [-0.3, -0.25) is 14.6 Å². The van der Waals surface area contributed by atoms with Crippen LogP contribution in [0, 0.1) is 0 Å². The van der Waals surface area contributed by atoms with Gasteiger partial charge >= 0.3 is 0 Å². The van der Waals surface area contributed by atoms with Gasteiger partial charge in [0, 0.05) is 47.2 Å². The average molecular weight is 331 g/mol. The molecule has 1 aliphatic heterocycles. The van der Waals surface area contributed by atoms with Crippen LogP contribution >= 0.6 is 0 Å². The van der Waals surface area contributed by atoms with Crippen LogP contribution in [0.3, 0.4) is 0 Å². The Morgan fingerprint density at radius 2 is 2.00 bits per heavy atom. The highest BCUT2D eigenvalue weighted by Crippen LogP contribution is 2.27. The van der Waals surface area contributed by atoms with E-state index in [1.54, 1.807) is 19.2 Å². The molecule has 3 aromatic rings. The maximum atomic E-state index is 11.9. The molecule has 0 saturated carbocycles. The third-order valence-electron chi connectivity index (χ3n) is 4.44. The Labute approximate surface area is 145 Å². The number of nitrogens with zero attached hydrogens (tertiary/aromatic N) is 1. The topological polar surface area (TPSA) is 74.8 Å². The Bertz CT molecular complexity index is 988. The summed E-state index contributed by atoms with van der Waals surface area (Å²) in [5.74, 6) is -0.00625. The maximum Gasteiger partial charge on any atom is 0.253 e. The van der Waals surface area contributed by atoms with Crippen LogP contribution in [0.1, 0.15) is 33.3 Å². The zero-order chi connectivity index (χ0) is 17.4. The first-order valence-corrected chi connectivity index (χ1v) is 8.20. The van der Waals surface area contributed by atoms with Gasteiger partial charge in [-0.1, -0.05) is 18.2 Å². The van der Waals surface area contributed by atoms with E-state index in [2.05, 4.69) is 15.3 Å². The van der Waals surface area contributed by atoms with Crippen LogP contribution in [0.2, 0.25) is 0 Å². The molecule has 0 aliphatic carbocycles. The highest BCUT2D eigenvalue weighted by atomic mass is 16.1. The zero-order valence-corrected chi connectivity index (χ0v) is 13.8. The molecule has 3 heterocycles. The molecule has 0 atom stereocenters. The van der Waals surface area contributed by atoms with Crippen molar-refractivity contribution in [3.8, 4) is 22.5 Å². The molecule has 124 valence electrons. The summed E-state index contributed by atoms with van der Waals surface area (Å²) in [5, 5.41) is 2.85. The van der Waals surface area contributed by atoms with Gasteiger partial charge in [0.25, 0.3) is 5.91 Å². The molecule has 0 bridgehead atoms. The predicted molar refractivity (Wildman–Crippen MR) is 95.5 cm³/mol. The number of benzene rings is 1. The van der Waals surface area contributed by atoms with E-state index in [1.165, 1.54) is 0 Å². The van der Waals surface area contributed by atoms with Crippen molar-refractivity contribution in [2.24, 2.45) is 0 Å². The van der Waals surface area contributed by atoms with Crippen molar-refractivity contribution in [3.63, 3.8) is 0 Å². The van der Waals surface area contributed by atoms with E-state index in [9.17, 15) is 9.59 Å². The van der Waals surface area contributed by atoms with Gasteiger partial charge in [-0.2, -0.15) is 0 Å². The second kappa shape index (κ2) is 6.02. The number of carbonyl (C=O) groups excluding carboxylic acids is 2. The average Bonchev–Trinajstić information content (AvgIpc) is 3.08. The lowest BCUT2D eigenvalue weighted by atomic mass is 10.0. The standard InChI is InChI=1S/C20H17N3O2/c1-12(24)13-3-2-4-14(9-13)18-10-15(5-7-21-18)19-11-16-17(23-19)6-8-22-20(16)25/h2-5,7,9-11,23H,6,8H2,1H3,(H,22,25). The van der Waals surface area contributed by atoms with Crippen LogP contribution in [0.4, 0.5) is 0 Å². The minimum Gasteiger partial charge on any atom is -0.358 e. The lowest BCUT2D eigenvalue weighted by Crippen LogP contribution is -2.31. The molecule has 1 aromatic carbocycles. The first-order chi connectivity index (χ1) is 12.1. The molecule has 0 spiro atoms. The molecule has 0 saturated heterocycles. The van der Waals surface area contributed by atoms with E-state index in [-0.39, 0.29) is 11.7 Å². The number of carbonyl (C=O) groups is 2. The quantitative estimate of drug-likeness (QED) is 0.724. The fraction of sp³-hybridized carbons (Fsp3) is 0.150. The third-order valence-corrected chi connectivity index (χ3v) is 4.44. The number of nitrogens with one attached hydrogen (secondary N) is 2. The molecule has 1 amide bonds. The molecule has 0 unspecified atom stereocenters. The minimum absolute atomic E-state index is 0.0288.